The van der Waals surface area contributed by atoms with E-state index in [1.54, 1.807) is 18.4 Å². The van der Waals surface area contributed by atoms with E-state index in [0.717, 1.165) is 41.5 Å². The number of carbonyl (C=O) groups excluding carboxylic acids is 3. The molecule has 1 atom stereocenters. The van der Waals surface area contributed by atoms with Crippen LogP contribution < -0.4 is 10.6 Å². The SMILES string of the molecule is CCOC(=O)c1c(NC(=O)C(C)Sc2nnc(CNC(=O)c3ccc([N+](=O)[O-])cc3)n2-c2ccc(F)cc2)sc2c1CCC2. The number of nitrogens with one attached hydrogen (secondary N) is 2. The van der Waals surface area contributed by atoms with Gasteiger partial charge in [-0.15, -0.1) is 21.5 Å². The van der Waals surface area contributed by atoms with Gasteiger partial charge >= 0.3 is 5.97 Å². The fourth-order valence-corrected chi connectivity index (χ4v) is 6.84. The van der Waals surface area contributed by atoms with E-state index >= 15 is 0 Å². The van der Waals surface area contributed by atoms with Crippen molar-refractivity contribution in [3.8, 4) is 5.69 Å². The van der Waals surface area contributed by atoms with E-state index in [0.29, 0.717) is 27.2 Å². The van der Waals surface area contributed by atoms with Crippen molar-refractivity contribution in [2.24, 2.45) is 0 Å². The lowest BCUT2D eigenvalue weighted by Crippen LogP contribution is -2.25. The predicted octanol–water partition coefficient (Wildman–Crippen LogP) is 5.09. The molecule has 0 aliphatic heterocycles. The molecule has 1 aliphatic carbocycles. The van der Waals surface area contributed by atoms with Crippen LogP contribution >= 0.6 is 23.1 Å². The lowest BCUT2D eigenvalue weighted by Gasteiger charge is -2.14. The fraction of sp³-hybridized carbons (Fsp3) is 0.276. The van der Waals surface area contributed by atoms with E-state index in [4.69, 9.17) is 4.74 Å². The zero-order valence-electron chi connectivity index (χ0n) is 23.7. The van der Waals surface area contributed by atoms with Gasteiger partial charge < -0.3 is 15.4 Å². The number of hydrogen-bond acceptors (Lipinski definition) is 10. The second kappa shape index (κ2) is 13.3. The number of aryl methyl sites for hydroxylation is 1. The average molecular weight is 639 g/mol. The largest absolute Gasteiger partial charge is 0.462 e. The highest BCUT2D eigenvalue weighted by molar-refractivity contribution is 8.00. The smallest absolute Gasteiger partial charge is 0.341 e. The van der Waals surface area contributed by atoms with Gasteiger partial charge in [0.1, 0.15) is 10.8 Å². The van der Waals surface area contributed by atoms with E-state index in [9.17, 15) is 28.9 Å². The van der Waals surface area contributed by atoms with E-state index in [1.165, 1.54) is 59.9 Å². The lowest BCUT2D eigenvalue weighted by atomic mass is 10.1. The number of ether oxygens (including phenoxy) is 1. The molecular weight excluding hydrogens is 611 g/mol. The standard InChI is InChI=1S/C29H27FN6O6S2/c1-3-42-28(39)24-21-5-4-6-22(21)44-27(24)32-25(37)16(2)43-29-34-33-23(35(29)19-13-9-18(30)10-14-19)15-31-26(38)17-7-11-20(12-8-17)36(40)41/h7-14,16H,3-6,15H2,1-2H3,(H,31,38)(H,32,37). The summed E-state index contributed by atoms with van der Waals surface area (Å²) < 4.78 is 20.6. The van der Waals surface area contributed by atoms with Gasteiger partial charge in [0, 0.05) is 28.3 Å². The molecule has 0 saturated heterocycles. The number of hydrogen-bond donors (Lipinski definition) is 2. The molecule has 2 aromatic heterocycles. The Labute approximate surface area is 259 Å². The molecule has 2 amide bonds. The third-order valence-corrected chi connectivity index (χ3v) is 9.07. The van der Waals surface area contributed by atoms with Gasteiger partial charge in [-0.3, -0.25) is 24.3 Å². The molecule has 12 nitrogen and oxygen atoms in total. The maximum Gasteiger partial charge on any atom is 0.341 e. The van der Waals surface area contributed by atoms with Crippen molar-refractivity contribution in [1.29, 1.82) is 0 Å². The average Bonchev–Trinajstić information content (AvgIpc) is 3.71. The molecule has 0 bridgehead atoms. The number of fused-ring (bicyclic) bond motifs is 1. The van der Waals surface area contributed by atoms with E-state index in [1.807, 2.05) is 0 Å². The third kappa shape index (κ3) is 6.63. The number of rotatable bonds is 11. The number of thioether (sulfide) groups is 1. The summed E-state index contributed by atoms with van der Waals surface area (Å²) in [5, 5.41) is 25.1. The van der Waals surface area contributed by atoms with Gasteiger partial charge in [0.05, 0.1) is 28.9 Å². The second-order valence-electron chi connectivity index (χ2n) is 9.73. The molecular formula is C29H27FN6O6S2. The molecule has 15 heteroatoms. The van der Waals surface area contributed by atoms with Crippen LogP contribution in [0.2, 0.25) is 0 Å². The minimum atomic E-state index is -0.687. The summed E-state index contributed by atoms with van der Waals surface area (Å²) in [5.74, 6) is -1.45. The van der Waals surface area contributed by atoms with E-state index < -0.39 is 27.9 Å². The molecule has 1 unspecified atom stereocenters. The number of halogens is 1. The van der Waals surface area contributed by atoms with Crippen molar-refractivity contribution in [3.05, 3.63) is 91.9 Å². The van der Waals surface area contributed by atoms with Crippen molar-refractivity contribution in [2.75, 3.05) is 11.9 Å². The van der Waals surface area contributed by atoms with Gasteiger partial charge in [-0.2, -0.15) is 0 Å². The molecule has 228 valence electrons. The van der Waals surface area contributed by atoms with E-state index in [-0.39, 0.29) is 30.3 Å². The third-order valence-electron chi connectivity index (χ3n) is 6.82. The molecule has 4 aromatic rings. The van der Waals surface area contributed by atoms with Crippen molar-refractivity contribution in [1.82, 2.24) is 20.1 Å². The van der Waals surface area contributed by atoms with E-state index in [2.05, 4.69) is 20.8 Å². The Morgan fingerprint density at radius 1 is 1.14 bits per heavy atom. The molecule has 2 aromatic carbocycles. The number of benzene rings is 2. The molecule has 1 aliphatic rings. The highest BCUT2D eigenvalue weighted by Gasteiger charge is 2.30. The van der Waals surface area contributed by atoms with Crippen LogP contribution in [0.5, 0.6) is 0 Å². The molecule has 5 rings (SSSR count). The summed E-state index contributed by atoms with van der Waals surface area (Å²) in [5.41, 5.74) is 1.92. The first-order chi connectivity index (χ1) is 21.2. The summed E-state index contributed by atoms with van der Waals surface area (Å²) in [6.07, 6.45) is 2.55. The number of nitro groups is 1. The Balaban J connectivity index is 1.34. The number of non-ortho nitro benzene ring substituents is 1. The quantitative estimate of drug-likeness (QED) is 0.0988. The summed E-state index contributed by atoms with van der Waals surface area (Å²) in [6.45, 7) is 3.56. The number of aromatic nitrogens is 3. The van der Waals surface area contributed by atoms with Crippen LogP contribution in [-0.2, 0) is 28.9 Å². The summed E-state index contributed by atoms with van der Waals surface area (Å²) >= 11 is 2.49. The molecule has 2 heterocycles. The number of thiophene rings is 1. The van der Waals surface area contributed by atoms with Crippen molar-refractivity contribution in [2.45, 2.75) is 50.1 Å². The van der Waals surface area contributed by atoms with Gasteiger partial charge in [-0.25, -0.2) is 9.18 Å². The molecule has 0 radical (unpaired) electrons. The van der Waals surface area contributed by atoms with Crippen LogP contribution in [0.4, 0.5) is 15.1 Å². The Morgan fingerprint density at radius 3 is 2.55 bits per heavy atom. The normalized spacial score (nSPS) is 12.8. The number of esters is 1. The number of anilines is 1. The second-order valence-corrected chi connectivity index (χ2v) is 12.1. The van der Waals surface area contributed by atoms with Crippen LogP contribution in [0.1, 0.15) is 57.2 Å². The van der Waals surface area contributed by atoms with Crippen molar-refractivity contribution >= 4 is 51.6 Å². The zero-order valence-corrected chi connectivity index (χ0v) is 25.3. The van der Waals surface area contributed by atoms with Gasteiger partial charge in [0.15, 0.2) is 11.0 Å². The Kier molecular flexibility index (Phi) is 9.35. The number of carbonyl (C=O) groups is 3. The van der Waals surface area contributed by atoms with Gasteiger partial charge in [0.25, 0.3) is 11.6 Å². The highest BCUT2D eigenvalue weighted by atomic mass is 32.2. The number of nitrogens with zero attached hydrogens (tertiary/aromatic N) is 4. The monoisotopic (exact) mass is 638 g/mol. The Hall–Kier alpha value is -4.63. The minimum Gasteiger partial charge on any atom is -0.462 e. The first kappa shape index (κ1) is 30.8. The van der Waals surface area contributed by atoms with Gasteiger partial charge in [-0.1, -0.05) is 11.8 Å². The van der Waals surface area contributed by atoms with Crippen molar-refractivity contribution < 1.29 is 28.4 Å². The van der Waals surface area contributed by atoms with Crippen LogP contribution in [0.25, 0.3) is 5.69 Å². The maximum absolute atomic E-state index is 13.7. The predicted molar refractivity (Wildman–Crippen MR) is 162 cm³/mol. The first-order valence-corrected chi connectivity index (χ1v) is 15.4. The van der Waals surface area contributed by atoms with Crippen LogP contribution in [0.3, 0.4) is 0 Å². The summed E-state index contributed by atoms with van der Waals surface area (Å²) in [7, 11) is 0. The molecule has 0 saturated carbocycles. The molecule has 2 N–H and O–H groups in total. The van der Waals surface area contributed by atoms with Crippen LogP contribution in [0.15, 0.2) is 53.7 Å². The van der Waals surface area contributed by atoms with Crippen LogP contribution in [0, 0.1) is 15.9 Å². The summed E-state index contributed by atoms with van der Waals surface area (Å²) in [6, 6.07) is 10.7. The first-order valence-electron chi connectivity index (χ1n) is 13.7. The summed E-state index contributed by atoms with van der Waals surface area (Å²) in [4.78, 5) is 50.2. The molecule has 0 spiro atoms. The van der Waals surface area contributed by atoms with Gasteiger partial charge in [-0.05, 0) is 75.1 Å². The molecule has 44 heavy (non-hydrogen) atoms. The highest BCUT2D eigenvalue weighted by Crippen LogP contribution is 2.40. The number of nitro benzene ring substituents is 1. The van der Waals surface area contributed by atoms with Gasteiger partial charge in [0.2, 0.25) is 5.91 Å². The fourth-order valence-electron chi connectivity index (χ4n) is 4.67. The topological polar surface area (TPSA) is 158 Å². The minimum absolute atomic E-state index is 0.0784. The Morgan fingerprint density at radius 2 is 1.86 bits per heavy atom. The lowest BCUT2D eigenvalue weighted by molar-refractivity contribution is -0.384. The number of amides is 2. The Bertz CT molecular complexity index is 1720. The molecule has 0 fully saturated rings. The zero-order chi connectivity index (χ0) is 31.4. The van der Waals surface area contributed by atoms with Crippen LogP contribution in [-0.4, -0.2) is 49.3 Å². The maximum atomic E-state index is 13.7. The van der Waals surface area contributed by atoms with Crippen molar-refractivity contribution in [3.63, 3.8) is 0 Å².